The number of allylic oxidation sites excluding steroid dienone is 1. The molecule has 0 spiro atoms. The Morgan fingerprint density at radius 3 is 2.43 bits per heavy atom. The highest BCUT2D eigenvalue weighted by molar-refractivity contribution is 7.91. The summed E-state index contributed by atoms with van der Waals surface area (Å²) in [6.07, 6.45) is 4.18. The summed E-state index contributed by atoms with van der Waals surface area (Å²) >= 11 is 0. The van der Waals surface area contributed by atoms with Crippen molar-refractivity contribution < 1.29 is 13.2 Å². The van der Waals surface area contributed by atoms with Crippen LogP contribution in [0.25, 0.3) is 0 Å². The number of nitrogens with one attached hydrogen (secondary N) is 1. The largest absolute Gasteiger partial charge is 0.350 e. The summed E-state index contributed by atoms with van der Waals surface area (Å²) in [6, 6.07) is 0.0159. The fourth-order valence-electron chi connectivity index (χ4n) is 1.44. The van der Waals surface area contributed by atoms with E-state index in [0.29, 0.717) is 12.8 Å². The van der Waals surface area contributed by atoms with Crippen LogP contribution in [-0.2, 0) is 14.6 Å². The number of sulfone groups is 1. The van der Waals surface area contributed by atoms with E-state index < -0.39 is 9.84 Å². The Bertz CT molecular complexity index is 318. The van der Waals surface area contributed by atoms with Gasteiger partial charge in [0.1, 0.15) is 9.84 Å². The van der Waals surface area contributed by atoms with E-state index in [4.69, 9.17) is 0 Å². The normalized spacial score (nSPS) is 22.4. The zero-order valence-electron chi connectivity index (χ0n) is 8.19. The van der Waals surface area contributed by atoms with Crippen LogP contribution < -0.4 is 5.32 Å². The summed E-state index contributed by atoms with van der Waals surface area (Å²) in [4.78, 5) is 11.1. The molecule has 0 unspecified atom stereocenters. The van der Waals surface area contributed by atoms with Gasteiger partial charge in [0.25, 0.3) is 0 Å². The first-order chi connectivity index (χ1) is 6.53. The first kappa shape index (κ1) is 11.2. The van der Waals surface area contributed by atoms with E-state index in [0.717, 1.165) is 0 Å². The number of hydrogen-bond acceptors (Lipinski definition) is 3. The maximum atomic E-state index is 11.1. The number of carbonyl (C=O) groups excluding carboxylic acids is 1. The molecule has 0 atom stereocenters. The third kappa shape index (κ3) is 3.49. The summed E-state index contributed by atoms with van der Waals surface area (Å²) in [6.45, 7) is 1.77. The second-order valence-corrected chi connectivity index (χ2v) is 5.74. The lowest BCUT2D eigenvalue weighted by Gasteiger charge is -2.22. The molecule has 1 fully saturated rings. The summed E-state index contributed by atoms with van der Waals surface area (Å²) < 4.78 is 22.2. The van der Waals surface area contributed by atoms with Gasteiger partial charge in [-0.3, -0.25) is 4.79 Å². The third-order valence-corrected chi connectivity index (χ3v) is 3.93. The van der Waals surface area contributed by atoms with Crippen molar-refractivity contribution in [2.45, 2.75) is 25.8 Å². The average Bonchev–Trinajstić information content (AvgIpc) is 2.09. The van der Waals surface area contributed by atoms with Gasteiger partial charge in [0.05, 0.1) is 11.5 Å². The minimum atomic E-state index is -2.83. The van der Waals surface area contributed by atoms with Crippen molar-refractivity contribution in [3.8, 4) is 0 Å². The number of rotatable bonds is 2. The maximum Gasteiger partial charge on any atom is 0.243 e. The molecule has 14 heavy (non-hydrogen) atoms. The van der Waals surface area contributed by atoms with Gasteiger partial charge in [-0.2, -0.15) is 0 Å². The molecule has 0 saturated carbocycles. The molecule has 0 bridgehead atoms. The van der Waals surface area contributed by atoms with Gasteiger partial charge in [0.2, 0.25) is 5.91 Å². The zero-order valence-corrected chi connectivity index (χ0v) is 9.01. The smallest absolute Gasteiger partial charge is 0.243 e. The topological polar surface area (TPSA) is 63.2 Å². The summed E-state index contributed by atoms with van der Waals surface area (Å²) in [5.74, 6) is 0.235. The molecule has 1 heterocycles. The van der Waals surface area contributed by atoms with Gasteiger partial charge < -0.3 is 5.32 Å². The zero-order chi connectivity index (χ0) is 10.6. The van der Waals surface area contributed by atoms with E-state index in [1.807, 2.05) is 0 Å². The fourth-order valence-corrected chi connectivity index (χ4v) is 2.93. The van der Waals surface area contributed by atoms with Gasteiger partial charge >= 0.3 is 0 Å². The van der Waals surface area contributed by atoms with Crippen molar-refractivity contribution in [1.29, 1.82) is 0 Å². The molecule has 1 rings (SSSR count). The monoisotopic (exact) mass is 217 g/mol. The third-order valence-electron chi connectivity index (χ3n) is 2.22. The van der Waals surface area contributed by atoms with Gasteiger partial charge in [-0.1, -0.05) is 6.08 Å². The highest BCUT2D eigenvalue weighted by atomic mass is 32.2. The highest BCUT2D eigenvalue weighted by Gasteiger charge is 2.23. The minimum absolute atomic E-state index is 0.0159. The molecule has 0 aromatic carbocycles. The van der Waals surface area contributed by atoms with Crippen molar-refractivity contribution in [3.63, 3.8) is 0 Å². The van der Waals surface area contributed by atoms with Crippen LogP contribution in [0.1, 0.15) is 19.8 Å². The van der Waals surface area contributed by atoms with E-state index in [1.54, 1.807) is 13.0 Å². The summed E-state index contributed by atoms with van der Waals surface area (Å²) in [7, 11) is -2.83. The van der Waals surface area contributed by atoms with Crippen LogP contribution in [-0.4, -0.2) is 31.9 Å². The second kappa shape index (κ2) is 4.59. The fraction of sp³-hybridized carbons (Fsp3) is 0.667. The quantitative estimate of drug-likeness (QED) is 0.675. The molecule has 5 heteroatoms. The molecule has 1 saturated heterocycles. The molecular weight excluding hydrogens is 202 g/mol. The van der Waals surface area contributed by atoms with Crippen molar-refractivity contribution in [2.75, 3.05) is 11.5 Å². The van der Waals surface area contributed by atoms with E-state index in [9.17, 15) is 13.2 Å². The Kier molecular flexibility index (Phi) is 3.69. The first-order valence-corrected chi connectivity index (χ1v) is 6.49. The molecule has 1 N–H and O–H groups in total. The van der Waals surface area contributed by atoms with Crippen LogP contribution in [0.3, 0.4) is 0 Å². The lowest BCUT2D eigenvalue weighted by molar-refractivity contribution is -0.117. The SMILES string of the molecule is CC=CC(=O)NC1CCS(=O)(=O)CC1. The lowest BCUT2D eigenvalue weighted by atomic mass is 10.1. The van der Waals surface area contributed by atoms with Gasteiger partial charge in [-0.15, -0.1) is 0 Å². The molecular formula is C9H15NO3S. The van der Waals surface area contributed by atoms with Crippen molar-refractivity contribution in [2.24, 2.45) is 0 Å². The lowest BCUT2D eigenvalue weighted by Crippen LogP contribution is -2.40. The Balaban J connectivity index is 2.40. The van der Waals surface area contributed by atoms with Gasteiger partial charge in [0, 0.05) is 6.04 Å². The number of hydrogen-bond donors (Lipinski definition) is 1. The molecule has 1 aliphatic heterocycles. The van der Waals surface area contributed by atoms with Crippen LogP contribution in [0, 0.1) is 0 Å². The molecule has 0 aromatic rings. The molecule has 4 nitrogen and oxygen atoms in total. The average molecular weight is 217 g/mol. The standard InChI is InChI=1S/C9H15NO3S/c1-2-3-9(11)10-8-4-6-14(12,13)7-5-8/h2-3,8H,4-7H2,1H3,(H,10,11). The van der Waals surface area contributed by atoms with E-state index in [1.165, 1.54) is 6.08 Å². The summed E-state index contributed by atoms with van der Waals surface area (Å²) in [5.41, 5.74) is 0. The minimum Gasteiger partial charge on any atom is -0.350 e. The van der Waals surface area contributed by atoms with E-state index in [2.05, 4.69) is 5.32 Å². The molecule has 0 aromatic heterocycles. The number of amides is 1. The Hall–Kier alpha value is -0.840. The Morgan fingerprint density at radius 1 is 1.36 bits per heavy atom. The highest BCUT2D eigenvalue weighted by Crippen LogP contribution is 2.11. The van der Waals surface area contributed by atoms with Crippen LogP contribution in [0.2, 0.25) is 0 Å². The van der Waals surface area contributed by atoms with Crippen LogP contribution >= 0.6 is 0 Å². The molecule has 1 aliphatic rings. The van der Waals surface area contributed by atoms with Gasteiger partial charge in [-0.05, 0) is 25.8 Å². The predicted octanol–water partition coefficient (Wildman–Crippen LogP) is 0.256. The van der Waals surface area contributed by atoms with Crippen LogP contribution in [0.5, 0.6) is 0 Å². The Morgan fingerprint density at radius 2 is 1.93 bits per heavy atom. The maximum absolute atomic E-state index is 11.1. The van der Waals surface area contributed by atoms with Gasteiger partial charge in [-0.25, -0.2) is 8.42 Å². The van der Waals surface area contributed by atoms with Crippen molar-refractivity contribution >= 4 is 15.7 Å². The molecule has 1 amide bonds. The predicted molar refractivity (Wildman–Crippen MR) is 54.6 cm³/mol. The first-order valence-electron chi connectivity index (χ1n) is 4.67. The van der Waals surface area contributed by atoms with Crippen molar-refractivity contribution in [3.05, 3.63) is 12.2 Å². The van der Waals surface area contributed by atoms with E-state index >= 15 is 0 Å². The molecule has 80 valence electrons. The number of carbonyl (C=O) groups is 1. The summed E-state index contributed by atoms with van der Waals surface area (Å²) in [5, 5.41) is 2.77. The molecule has 0 aliphatic carbocycles. The Labute approximate surface area is 84.3 Å². The van der Waals surface area contributed by atoms with Crippen LogP contribution in [0.15, 0.2) is 12.2 Å². The molecule has 0 radical (unpaired) electrons. The van der Waals surface area contributed by atoms with Gasteiger partial charge in [0.15, 0.2) is 0 Å². The van der Waals surface area contributed by atoms with E-state index in [-0.39, 0.29) is 23.5 Å². The van der Waals surface area contributed by atoms with Crippen LogP contribution in [0.4, 0.5) is 0 Å². The second-order valence-electron chi connectivity index (χ2n) is 3.43. The van der Waals surface area contributed by atoms with Crippen molar-refractivity contribution in [1.82, 2.24) is 5.32 Å².